The van der Waals surface area contributed by atoms with Crippen LogP contribution in [-0.4, -0.2) is 46.8 Å². The van der Waals surface area contributed by atoms with E-state index in [1.54, 1.807) is 12.3 Å². The third kappa shape index (κ3) is 4.67. The molecule has 0 aliphatic rings. The molecule has 1 atom stereocenters. The number of aryl methyl sites for hydroxylation is 1. The Bertz CT molecular complexity index is 998. The van der Waals surface area contributed by atoms with Crippen LogP contribution < -0.4 is 11.0 Å². The number of carbonyl (C=O) groups excluding carboxylic acids is 1. The summed E-state index contributed by atoms with van der Waals surface area (Å²) < 4.78 is 23.5. The highest BCUT2D eigenvalue weighted by atomic mass is 32.2. The molecule has 0 saturated carbocycles. The summed E-state index contributed by atoms with van der Waals surface area (Å²) in [5, 5.41) is 17.8. The summed E-state index contributed by atoms with van der Waals surface area (Å²) >= 11 is 0. The second kappa shape index (κ2) is 8.68. The molecule has 0 spiro atoms. The summed E-state index contributed by atoms with van der Waals surface area (Å²) in [6.07, 6.45) is 2.84. The summed E-state index contributed by atoms with van der Waals surface area (Å²) in [4.78, 5) is 24.3. The standard InChI is InChI=1S/C19H24N2O6S/c1-19(18(24)20-25,28(2,26)27)9-11-21-10-7-16(13-17(21)23)15-5-3-14(4-6-15)8-12-22/h3-7,10,13,22,25H,8-9,11-12H2,1-2H3,(H,20,24). The molecule has 1 aromatic heterocycles. The Kier molecular flexibility index (Phi) is 6.76. The molecule has 1 amide bonds. The summed E-state index contributed by atoms with van der Waals surface area (Å²) in [7, 11) is -3.82. The first-order chi connectivity index (χ1) is 13.1. The van der Waals surface area contributed by atoms with Gasteiger partial charge < -0.3 is 9.67 Å². The van der Waals surface area contributed by atoms with E-state index in [2.05, 4.69) is 0 Å². The Morgan fingerprint density at radius 1 is 1.18 bits per heavy atom. The molecular formula is C19H24N2O6S. The van der Waals surface area contributed by atoms with E-state index < -0.39 is 20.5 Å². The van der Waals surface area contributed by atoms with Gasteiger partial charge >= 0.3 is 0 Å². The minimum absolute atomic E-state index is 0.00839. The van der Waals surface area contributed by atoms with Crippen molar-refractivity contribution in [1.29, 1.82) is 0 Å². The molecule has 8 nitrogen and oxygen atoms in total. The van der Waals surface area contributed by atoms with Gasteiger partial charge in [-0.1, -0.05) is 24.3 Å². The number of aromatic nitrogens is 1. The summed E-state index contributed by atoms with van der Waals surface area (Å²) in [5.74, 6) is -1.04. The molecule has 0 bridgehead atoms. The number of hydrogen-bond acceptors (Lipinski definition) is 6. The largest absolute Gasteiger partial charge is 0.396 e. The van der Waals surface area contributed by atoms with Gasteiger partial charge in [-0.2, -0.15) is 0 Å². The maximum atomic E-state index is 12.4. The second-order valence-corrected chi connectivity index (χ2v) is 9.26. The highest BCUT2D eigenvalue weighted by molar-refractivity contribution is 7.92. The SMILES string of the molecule is CC(CCn1ccc(-c2ccc(CCO)cc2)cc1=O)(C(=O)NO)S(C)(=O)=O. The Labute approximate surface area is 163 Å². The lowest BCUT2D eigenvalue weighted by molar-refractivity contribution is -0.131. The zero-order chi connectivity index (χ0) is 20.9. The zero-order valence-electron chi connectivity index (χ0n) is 15.8. The smallest absolute Gasteiger partial charge is 0.264 e. The molecule has 1 unspecified atom stereocenters. The Morgan fingerprint density at radius 2 is 1.82 bits per heavy atom. The van der Waals surface area contributed by atoms with Crippen molar-refractivity contribution in [1.82, 2.24) is 10.0 Å². The second-order valence-electron chi connectivity index (χ2n) is 6.81. The number of benzene rings is 1. The first-order valence-electron chi connectivity index (χ1n) is 8.67. The zero-order valence-corrected chi connectivity index (χ0v) is 16.6. The van der Waals surface area contributed by atoms with Crippen LogP contribution in [-0.2, 0) is 27.6 Å². The average molecular weight is 408 g/mol. The number of aliphatic hydroxyl groups excluding tert-OH is 1. The molecule has 0 saturated heterocycles. The molecule has 0 aliphatic carbocycles. The number of amides is 1. The van der Waals surface area contributed by atoms with E-state index in [0.29, 0.717) is 12.0 Å². The lowest BCUT2D eigenvalue weighted by Crippen LogP contribution is -2.49. The van der Waals surface area contributed by atoms with Crippen LogP contribution >= 0.6 is 0 Å². The predicted octanol–water partition coefficient (Wildman–Crippen LogP) is 0.749. The van der Waals surface area contributed by atoms with Crippen molar-refractivity contribution < 1.29 is 23.5 Å². The van der Waals surface area contributed by atoms with Crippen molar-refractivity contribution >= 4 is 15.7 Å². The molecule has 152 valence electrons. The maximum absolute atomic E-state index is 12.4. The monoisotopic (exact) mass is 408 g/mol. The van der Waals surface area contributed by atoms with Crippen molar-refractivity contribution in [3.63, 3.8) is 0 Å². The Balaban J connectivity index is 2.22. The normalized spacial score (nSPS) is 13.7. The van der Waals surface area contributed by atoms with E-state index in [-0.39, 0.29) is 25.1 Å². The fraction of sp³-hybridized carbons (Fsp3) is 0.368. The molecule has 1 heterocycles. The highest BCUT2D eigenvalue weighted by Crippen LogP contribution is 2.22. The molecule has 0 fully saturated rings. The quantitative estimate of drug-likeness (QED) is 0.437. The summed E-state index contributed by atoms with van der Waals surface area (Å²) in [5.41, 5.74) is 3.58. The van der Waals surface area contributed by atoms with E-state index in [0.717, 1.165) is 17.4 Å². The van der Waals surface area contributed by atoms with Gasteiger partial charge in [0.15, 0.2) is 14.6 Å². The van der Waals surface area contributed by atoms with E-state index in [9.17, 15) is 18.0 Å². The fourth-order valence-corrected chi connectivity index (χ4v) is 3.63. The Morgan fingerprint density at radius 3 is 2.32 bits per heavy atom. The van der Waals surface area contributed by atoms with Gasteiger partial charge in [0.1, 0.15) is 0 Å². The topological polar surface area (TPSA) is 126 Å². The van der Waals surface area contributed by atoms with Gasteiger partial charge in [0, 0.05) is 31.7 Å². The van der Waals surface area contributed by atoms with E-state index in [1.807, 2.05) is 24.3 Å². The molecule has 1 aromatic carbocycles. The number of hydroxylamine groups is 1. The van der Waals surface area contributed by atoms with Gasteiger partial charge in [0.25, 0.3) is 11.5 Å². The molecule has 3 N–H and O–H groups in total. The van der Waals surface area contributed by atoms with Crippen LogP contribution in [0.2, 0.25) is 0 Å². The Hall–Kier alpha value is -2.49. The van der Waals surface area contributed by atoms with Crippen LogP contribution in [0.3, 0.4) is 0 Å². The lowest BCUT2D eigenvalue weighted by Gasteiger charge is -2.25. The molecule has 0 aliphatic heterocycles. The molecule has 2 aromatic rings. The van der Waals surface area contributed by atoms with Gasteiger partial charge in [-0.15, -0.1) is 0 Å². The number of nitrogens with zero attached hydrogens (tertiary/aromatic N) is 1. The third-order valence-corrected chi connectivity index (χ3v) is 6.94. The van der Waals surface area contributed by atoms with Crippen molar-refractivity contribution in [2.45, 2.75) is 31.1 Å². The van der Waals surface area contributed by atoms with E-state index in [1.165, 1.54) is 23.0 Å². The van der Waals surface area contributed by atoms with Crippen LogP contribution in [0.15, 0.2) is 47.4 Å². The molecule has 28 heavy (non-hydrogen) atoms. The average Bonchev–Trinajstić information content (AvgIpc) is 2.66. The van der Waals surface area contributed by atoms with Gasteiger partial charge in [-0.3, -0.25) is 14.8 Å². The minimum atomic E-state index is -3.82. The summed E-state index contributed by atoms with van der Waals surface area (Å²) in [6.45, 7) is 1.27. The number of hydrogen-bond donors (Lipinski definition) is 3. The number of sulfone groups is 1. The van der Waals surface area contributed by atoms with Crippen LogP contribution in [0.4, 0.5) is 0 Å². The van der Waals surface area contributed by atoms with Crippen LogP contribution in [0, 0.1) is 0 Å². The van der Waals surface area contributed by atoms with Gasteiger partial charge in [0.2, 0.25) is 0 Å². The third-order valence-electron chi connectivity index (χ3n) is 4.91. The highest BCUT2D eigenvalue weighted by Gasteiger charge is 2.43. The number of rotatable bonds is 8. The molecule has 0 radical (unpaired) electrons. The van der Waals surface area contributed by atoms with Crippen molar-refractivity contribution in [2.75, 3.05) is 12.9 Å². The fourth-order valence-electron chi connectivity index (χ4n) is 2.78. The van der Waals surface area contributed by atoms with Gasteiger partial charge in [0.05, 0.1) is 0 Å². The van der Waals surface area contributed by atoms with E-state index >= 15 is 0 Å². The number of carbonyl (C=O) groups is 1. The first kappa shape index (κ1) is 21.8. The predicted molar refractivity (Wildman–Crippen MR) is 105 cm³/mol. The van der Waals surface area contributed by atoms with Crippen molar-refractivity contribution in [2.24, 2.45) is 0 Å². The van der Waals surface area contributed by atoms with Gasteiger partial charge in [-0.25, -0.2) is 13.9 Å². The summed E-state index contributed by atoms with van der Waals surface area (Å²) in [6, 6.07) is 10.6. The van der Waals surface area contributed by atoms with Crippen LogP contribution in [0.5, 0.6) is 0 Å². The molecule has 2 rings (SSSR count). The van der Waals surface area contributed by atoms with Gasteiger partial charge in [-0.05, 0) is 42.5 Å². The first-order valence-corrected chi connectivity index (χ1v) is 10.6. The minimum Gasteiger partial charge on any atom is -0.396 e. The van der Waals surface area contributed by atoms with Crippen LogP contribution in [0.1, 0.15) is 18.9 Å². The number of pyridine rings is 1. The maximum Gasteiger partial charge on any atom is 0.264 e. The van der Waals surface area contributed by atoms with Crippen LogP contribution in [0.25, 0.3) is 11.1 Å². The van der Waals surface area contributed by atoms with E-state index in [4.69, 9.17) is 10.3 Å². The lowest BCUT2D eigenvalue weighted by atomic mass is 10.0. The van der Waals surface area contributed by atoms with Crippen molar-refractivity contribution in [3.8, 4) is 11.1 Å². The number of aliphatic hydroxyl groups is 1. The number of nitrogens with one attached hydrogen (secondary N) is 1. The molecule has 9 heteroatoms. The molecular weight excluding hydrogens is 384 g/mol. The van der Waals surface area contributed by atoms with Crippen molar-refractivity contribution in [3.05, 3.63) is 58.5 Å².